The maximum Gasteiger partial charge on any atom is 0.310 e. The van der Waals surface area contributed by atoms with Crippen LogP contribution in [-0.4, -0.2) is 17.6 Å². The number of pyridine rings is 1. The van der Waals surface area contributed by atoms with Gasteiger partial charge in [0.1, 0.15) is 0 Å². The minimum Gasteiger partial charge on any atom is -0.466 e. The lowest BCUT2D eigenvalue weighted by Crippen LogP contribution is -2.12. The van der Waals surface area contributed by atoms with E-state index in [1.54, 1.807) is 6.92 Å². The van der Waals surface area contributed by atoms with E-state index in [9.17, 15) is 13.6 Å². The summed E-state index contributed by atoms with van der Waals surface area (Å²) in [5.74, 6) is -0.439. The number of hydrogen-bond donors (Lipinski definition) is 0. The molecule has 0 unspecified atom stereocenters. The lowest BCUT2D eigenvalue weighted by atomic mass is 10.1. The van der Waals surface area contributed by atoms with Gasteiger partial charge in [0, 0.05) is 20.7 Å². The number of esters is 1. The Labute approximate surface area is 126 Å². The molecule has 100 valence electrons. The summed E-state index contributed by atoms with van der Waals surface area (Å²) in [4.78, 5) is 15.4. The summed E-state index contributed by atoms with van der Waals surface area (Å²) in [6, 6.07) is 0. The molecule has 1 aromatic rings. The molecule has 0 saturated carbocycles. The van der Waals surface area contributed by atoms with E-state index in [-0.39, 0.29) is 18.6 Å². The van der Waals surface area contributed by atoms with Crippen molar-refractivity contribution in [1.82, 2.24) is 4.98 Å². The number of carbonyl (C=O) groups excluding carboxylic acids is 1. The summed E-state index contributed by atoms with van der Waals surface area (Å²) in [5, 5.41) is 0.404. The maximum absolute atomic E-state index is 12.8. The zero-order valence-corrected chi connectivity index (χ0v) is 13.3. The molecule has 18 heavy (non-hydrogen) atoms. The molecular formula is C11H11BrF2INO2. The Hall–Kier alpha value is -0.310. The van der Waals surface area contributed by atoms with Crippen molar-refractivity contribution >= 4 is 44.5 Å². The minimum atomic E-state index is -2.60. The first kappa shape index (κ1) is 15.7. The Balaban J connectivity index is 3.13. The highest BCUT2D eigenvalue weighted by molar-refractivity contribution is 14.1. The van der Waals surface area contributed by atoms with Gasteiger partial charge < -0.3 is 4.74 Å². The van der Waals surface area contributed by atoms with Gasteiger partial charge in [-0.05, 0) is 35.1 Å². The van der Waals surface area contributed by atoms with Crippen LogP contribution in [0.1, 0.15) is 30.2 Å². The van der Waals surface area contributed by atoms with E-state index in [2.05, 4.69) is 20.9 Å². The van der Waals surface area contributed by atoms with E-state index in [1.165, 1.54) is 0 Å². The molecular weight excluding hydrogens is 423 g/mol. The molecule has 0 aliphatic rings. The van der Waals surface area contributed by atoms with Crippen molar-refractivity contribution in [2.24, 2.45) is 0 Å². The van der Waals surface area contributed by atoms with Crippen molar-refractivity contribution in [1.29, 1.82) is 0 Å². The molecule has 0 spiro atoms. The molecule has 1 aromatic heterocycles. The molecule has 0 fully saturated rings. The molecule has 1 heterocycles. The number of hydrogen-bond acceptors (Lipinski definition) is 3. The van der Waals surface area contributed by atoms with Crippen LogP contribution in [0.5, 0.6) is 0 Å². The zero-order valence-electron chi connectivity index (χ0n) is 9.55. The summed E-state index contributed by atoms with van der Waals surface area (Å²) in [6.07, 6.45) is -1.49. The predicted octanol–water partition coefficient (Wildman–Crippen LogP) is 3.62. The number of halogens is 4. The van der Waals surface area contributed by atoms with Crippen molar-refractivity contribution in [3.63, 3.8) is 0 Å². The van der Waals surface area contributed by atoms with Gasteiger partial charge in [0.05, 0.1) is 18.7 Å². The van der Waals surface area contributed by atoms with E-state index < -0.39 is 12.4 Å². The highest BCUT2D eigenvalue weighted by atomic mass is 127. The highest BCUT2D eigenvalue weighted by Gasteiger charge is 2.20. The van der Waals surface area contributed by atoms with E-state index in [0.29, 0.717) is 20.2 Å². The lowest BCUT2D eigenvalue weighted by molar-refractivity contribution is -0.142. The van der Waals surface area contributed by atoms with Crippen molar-refractivity contribution < 1.29 is 18.3 Å². The van der Waals surface area contributed by atoms with E-state index in [4.69, 9.17) is 4.74 Å². The fraction of sp³-hybridized carbons (Fsp3) is 0.455. The molecule has 0 aromatic carbocycles. The highest BCUT2D eigenvalue weighted by Crippen LogP contribution is 2.29. The van der Waals surface area contributed by atoms with Crippen LogP contribution in [0.2, 0.25) is 0 Å². The Morgan fingerprint density at radius 2 is 2.28 bits per heavy atom. The number of rotatable bonds is 5. The van der Waals surface area contributed by atoms with Crippen LogP contribution < -0.4 is 0 Å². The fourth-order valence-corrected chi connectivity index (χ4v) is 2.75. The fourth-order valence-electron chi connectivity index (χ4n) is 1.39. The van der Waals surface area contributed by atoms with Crippen molar-refractivity contribution in [3.8, 4) is 0 Å². The molecule has 0 radical (unpaired) electrons. The van der Waals surface area contributed by atoms with Crippen LogP contribution in [0.3, 0.4) is 0 Å². The molecule has 3 nitrogen and oxygen atoms in total. The zero-order chi connectivity index (χ0) is 13.7. The third-order valence-electron chi connectivity index (χ3n) is 2.21. The van der Waals surface area contributed by atoms with Gasteiger partial charge in [0.15, 0.2) is 0 Å². The molecule has 0 N–H and O–H groups in total. The Morgan fingerprint density at radius 3 is 2.78 bits per heavy atom. The van der Waals surface area contributed by atoms with Crippen LogP contribution in [0, 0.1) is 3.57 Å². The molecule has 1 rings (SSSR count). The van der Waals surface area contributed by atoms with E-state index in [0.717, 1.165) is 6.20 Å². The Morgan fingerprint density at radius 1 is 1.61 bits per heavy atom. The predicted molar refractivity (Wildman–Crippen MR) is 74.9 cm³/mol. The normalized spacial score (nSPS) is 10.8. The van der Waals surface area contributed by atoms with Crippen molar-refractivity contribution in [2.75, 3.05) is 6.61 Å². The molecule has 0 aliphatic heterocycles. The lowest BCUT2D eigenvalue weighted by Gasteiger charge is -2.12. The average molecular weight is 434 g/mol. The van der Waals surface area contributed by atoms with Gasteiger partial charge >= 0.3 is 5.97 Å². The third kappa shape index (κ3) is 3.84. The van der Waals surface area contributed by atoms with Crippen LogP contribution in [0.4, 0.5) is 8.78 Å². The molecule has 7 heteroatoms. The third-order valence-corrected chi connectivity index (χ3v) is 4.02. The first-order valence-electron chi connectivity index (χ1n) is 5.17. The molecule has 0 bridgehead atoms. The number of aromatic nitrogens is 1. The summed E-state index contributed by atoms with van der Waals surface area (Å²) >= 11 is 5.05. The Bertz CT molecular complexity index is 443. The molecule has 0 atom stereocenters. The topological polar surface area (TPSA) is 39.2 Å². The smallest absolute Gasteiger partial charge is 0.310 e. The number of alkyl halides is 3. The van der Waals surface area contributed by atoms with Crippen LogP contribution in [-0.2, 0) is 21.3 Å². The van der Waals surface area contributed by atoms with Crippen LogP contribution in [0.15, 0.2) is 6.20 Å². The SMILES string of the molecule is CCOC(=O)Cc1c(CBr)ncc(C(F)F)c1I. The molecule has 0 amide bonds. The molecule has 0 aliphatic carbocycles. The first-order valence-corrected chi connectivity index (χ1v) is 7.37. The van der Waals surface area contributed by atoms with Gasteiger partial charge in [0.2, 0.25) is 0 Å². The Kier molecular flexibility index (Phi) is 6.40. The summed E-state index contributed by atoms with van der Waals surface area (Å²) in [7, 11) is 0. The van der Waals surface area contributed by atoms with Gasteiger partial charge in [-0.2, -0.15) is 0 Å². The maximum atomic E-state index is 12.8. The number of carbonyl (C=O) groups is 1. The quantitative estimate of drug-likeness (QED) is 0.404. The summed E-state index contributed by atoms with van der Waals surface area (Å²) in [6.45, 7) is 1.96. The van der Waals surface area contributed by atoms with Crippen LogP contribution >= 0.6 is 38.5 Å². The second-order valence-corrected chi connectivity index (χ2v) is 5.01. The van der Waals surface area contributed by atoms with E-state index in [1.807, 2.05) is 22.6 Å². The number of ether oxygens (including phenoxy) is 1. The number of nitrogens with zero attached hydrogens (tertiary/aromatic N) is 1. The van der Waals surface area contributed by atoms with Crippen molar-refractivity contribution in [2.45, 2.75) is 25.1 Å². The second-order valence-electron chi connectivity index (χ2n) is 3.37. The van der Waals surface area contributed by atoms with Gasteiger partial charge in [-0.15, -0.1) is 0 Å². The van der Waals surface area contributed by atoms with Gasteiger partial charge in [0.25, 0.3) is 6.43 Å². The summed E-state index contributed by atoms with van der Waals surface area (Å²) in [5.41, 5.74) is 0.931. The van der Waals surface area contributed by atoms with Gasteiger partial charge in [-0.1, -0.05) is 15.9 Å². The average Bonchev–Trinajstić information content (AvgIpc) is 2.31. The standard InChI is InChI=1S/C11H11BrF2INO2/c1-2-18-9(17)3-6-8(4-12)16-5-7(10(6)15)11(13)14/h5,11H,2-4H2,1H3. The van der Waals surface area contributed by atoms with Gasteiger partial charge in [-0.25, -0.2) is 8.78 Å². The first-order chi connectivity index (χ1) is 8.51. The molecule has 0 saturated heterocycles. The van der Waals surface area contributed by atoms with Crippen LogP contribution in [0.25, 0.3) is 0 Å². The minimum absolute atomic E-state index is 0.0411. The monoisotopic (exact) mass is 433 g/mol. The van der Waals surface area contributed by atoms with E-state index >= 15 is 0 Å². The summed E-state index contributed by atoms with van der Waals surface area (Å²) < 4.78 is 30.7. The van der Waals surface area contributed by atoms with Gasteiger partial charge in [-0.3, -0.25) is 9.78 Å². The van der Waals surface area contributed by atoms with Crippen molar-refractivity contribution in [3.05, 3.63) is 26.6 Å². The largest absolute Gasteiger partial charge is 0.466 e. The second kappa shape index (κ2) is 7.32.